The zero-order chi connectivity index (χ0) is 27.8. The van der Waals surface area contributed by atoms with E-state index < -0.39 is 11.6 Å². The molecule has 2 atom stereocenters. The van der Waals surface area contributed by atoms with Gasteiger partial charge < -0.3 is 14.6 Å². The SMILES string of the molecule is C=CC[C@]1(C(=O)NNCc2cccc(C)c2)N=C(c2ccc(OCCCO)cc2)O[C@H]1c1ccc(Cl)cc1Cl. The highest BCUT2D eigenvalue weighted by Gasteiger charge is 2.53. The number of ether oxygens (including phenoxy) is 2. The maximum Gasteiger partial charge on any atom is 0.266 e. The number of amides is 1. The largest absolute Gasteiger partial charge is 0.494 e. The maximum atomic E-state index is 13.8. The molecular weight excluding hydrogens is 537 g/mol. The molecule has 0 saturated heterocycles. The van der Waals surface area contributed by atoms with Crippen LogP contribution in [0.2, 0.25) is 10.0 Å². The summed E-state index contributed by atoms with van der Waals surface area (Å²) in [7, 11) is 0. The smallest absolute Gasteiger partial charge is 0.266 e. The monoisotopic (exact) mass is 567 g/mol. The molecular formula is C30H31Cl2N3O4. The van der Waals surface area contributed by atoms with Crippen molar-refractivity contribution in [2.75, 3.05) is 13.2 Å². The van der Waals surface area contributed by atoms with Gasteiger partial charge in [-0.25, -0.2) is 10.4 Å². The zero-order valence-corrected chi connectivity index (χ0v) is 23.1. The lowest BCUT2D eigenvalue weighted by molar-refractivity contribution is -0.129. The second-order valence-corrected chi connectivity index (χ2v) is 10.1. The Balaban J connectivity index is 1.64. The van der Waals surface area contributed by atoms with Crippen molar-refractivity contribution in [1.82, 2.24) is 10.9 Å². The van der Waals surface area contributed by atoms with Gasteiger partial charge in [0.05, 0.1) is 6.61 Å². The molecule has 4 rings (SSSR count). The Morgan fingerprint density at radius 2 is 1.97 bits per heavy atom. The first kappa shape index (κ1) is 28.6. The number of hydrogen-bond donors (Lipinski definition) is 3. The molecule has 0 fully saturated rings. The highest BCUT2D eigenvalue weighted by atomic mass is 35.5. The van der Waals surface area contributed by atoms with Gasteiger partial charge in [0.25, 0.3) is 5.91 Å². The number of aliphatic hydroxyl groups is 1. The number of rotatable bonds is 12. The quantitative estimate of drug-likeness (QED) is 0.148. The van der Waals surface area contributed by atoms with Crippen LogP contribution in [0, 0.1) is 6.92 Å². The summed E-state index contributed by atoms with van der Waals surface area (Å²) in [4.78, 5) is 18.7. The average molecular weight is 569 g/mol. The van der Waals surface area contributed by atoms with Gasteiger partial charge in [0, 0.05) is 47.2 Å². The second kappa shape index (κ2) is 13.1. The molecule has 7 nitrogen and oxygen atoms in total. The van der Waals surface area contributed by atoms with E-state index in [1.807, 2.05) is 43.3 Å². The lowest BCUT2D eigenvalue weighted by Crippen LogP contribution is -2.52. The number of hydrogen-bond acceptors (Lipinski definition) is 6. The summed E-state index contributed by atoms with van der Waals surface area (Å²) >= 11 is 12.7. The third-order valence-corrected chi connectivity index (χ3v) is 6.87. The van der Waals surface area contributed by atoms with E-state index >= 15 is 0 Å². The van der Waals surface area contributed by atoms with Gasteiger partial charge in [-0.3, -0.25) is 10.2 Å². The van der Waals surface area contributed by atoms with E-state index in [9.17, 15) is 4.79 Å². The minimum atomic E-state index is -1.38. The van der Waals surface area contributed by atoms with Crippen LogP contribution < -0.4 is 15.6 Å². The van der Waals surface area contributed by atoms with Crippen LogP contribution in [-0.4, -0.2) is 35.7 Å². The molecule has 3 N–H and O–H groups in total. The first-order valence-electron chi connectivity index (χ1n) is 12.6. The number of carbonyl (C=O) groups is 1. The van der Waals surface area contributed by atoms with Gasteiger partial charge in [-0.05, 0) is 48.9 Å². The minimum absolute atomic E-state index is 0.0602. The predicted octanol–water partition coefficient (Wildman–Crippen LogP) is 5.72. The van der Waals surface area contributed by atoms with Gasteiger partial charge in [-0.15, -0.1) is 6.58 Å². The van der Waals surface area contributed by atoms with Crippen molar-refractivity contribution in [2.24, 2.45) is 4.99 Å². The van der Waals surface area contributed by atoms with Gasteiger partial charge in [0.2, 0.25) is 5.90 Å². The molecule has 1 heterocycles. The summed E-state index contributed by atoms with van der Waals surface area (Å²) in [6.45, 7) is 6.80. The highest BCUT2D eigenvalue weighted by Crippen LogP contribution is 2.45. The Morgan fingerprint density at radius 3 is 2.67 bits per heavy atom. The molecule has 9 heteroatoms. The van der Waals surface area contributed by atoms with E-state index in [-0.39, 0.29) is 18.9 Å². The molecule has 1 aliphatic rings. The first-order chi connectivity index (χ1) is 18.9. The zero-order valence-electron chi connectivity index (χ0n) is 21.6. The number of nitrogens with one attached hydrogen (secondary N) is 2. The van der Waals surface area contributed by atoms with Crippen LogP contribution in [0.5, 0.6) is 5.75 Å². The molecule has 0 aromatic heterocycles. The van der Waals surface area contributed by atoms with Gasteiger partial charge in [0.1, 0.15) is 5.75 Å². The van der Waals surface area contributed by atoms with Crippen LogP contribution in [0.4, 0.5) is 0 Å². The number of carbonyl (C=O) groups excluding carboxylic acids is 1. The van der Waals surface area contributed by atoms with E-state index in [0.29, 0.717) is 52.4 Å². The summed E-state index contributed by atoms with van der Waals surface area (Å²) in [6, 6.07) is 20.3. The van der Waals surface area contributed by atoms with E-state index in [4.69, 9.17) is 42.8 Å². The molecule has 0 bridgehead atoms. The maximum absolute atomic E-state index is 13.8. The fraction of sp³-hybridized carbons (Fsp3) is 0.267. The lowest BCUT2D eigenvalue weighted by atomic mass is 9.84. The molecule has 3 aromatic carbocycles. The van der Waals surface area contributed by atoms with Crippen molar-refractivity contribution in [3.63, 3.8) is 0 Å². The van der Waals surface area contributed by atoms with E-state index in [0.717, 1.165) is 11.1 Å². The van der Waals surface area contributed by atoms with E-state index in [1.165, 1.54) is 0 Å². The Labute approximate surface area is 238 Å². The number of aliphatic hydroxyl groups excluding tert-OH is 1. The van der Waals surface area contributed by atoms with Gasteiger partial charge in [0.15, 0.2) is 11.6 Å². The van der Waals surface area contributed by atoms with Crippen molar-refractivity contribution in [1.29, 1.82) is 0 Å². The average Bonchev–Trinajstić information content (AvgIpc) is 3.30. The summed E-state index contributed by atoms with van der Waals surface area (Å²) in [5.74, 6) is 0.562. The fourth-order valence-electron chi connectivity index (χ4n) is 4.38. The Kier molecular flexibility index (Phi) is 9.64. The van der Waals surface area contributed by atoms with E-state index in [2.05, 4.69) is 17.4 Å². The van der Waals surface area contributed by atoms with Gasteiger partial charge in [-0.1, -0.05) is 65.2 Å². The van der Waals surface area contributed by atoms with Crippen LogP contribution in [-0.2, 0) is 16.1 Å². The molecule has 0 aliphatic carbocycles. The number of halogens is 2. The lowest BCUT2D eigenvalue weighted by Gasteiger charge is -2.30. The summed E-state index contributed by atoms with van der Waals surface area (Å²) in [5, 5.41) is 9.81. The summed E-state index contributed by atoms with van der Waals surface area (Å²) in [6.07, 6.45) is 1.54. The first-order valence-corrected chi connectivity index (χ1v) is 13.4. The number of hydrazine groups is 1. The molecule has 3 aromatic rings. The van der Waals surface area contributed by atoms with Gasteiger partial charge in [-0.2, -0.15) is 0 Å². The summed E-state index contributed by atoms with van der Waals surface area (Å²) in [5.41, 5.74) is 7.88. The molecule has 1 amide bonds. The third-order valence-electron chi connectivity index (χ3n) is 6.31. The van der Waals surface area contributed by atoms with Crippen LogP contribution in [0.3, 0.4) is 0 Å². The van der Waals surface area contributed by atoms with Crippen molar-refractivity contribution >= 4 is 35.0 Å². The molecule has 1 aliphatic heterocycles. The Hall–Kier alpha value is -3.36. The normalized spacial score (nSPS) is 18.3. The number of benzene rings is 3. The molecule has 0 spiro atoms. The van der Waals surface area contributed by atoms with Crippen LogP contribution >= 0.6 is 23.2 Å². The summed E-state index contributed by atoms with van der Waals surface area (Å²) < 4.78 is 12.0. The second-order valence-electron chi connectivity index (χ2n) is 9.24. The molecule has 0 radical (unpaired) electrons. The van der Waals surface area contributed by atoms with Crippen molar-refractivity contribution in [3.05, 3.63) is 112 Å². The predicted molar refractivity (Wildman–Crippen MR) is 154 cm³/mol. The standard InChI is InChI=1S/C30H31Cl2N3O4/c1-3-14-30(29(37)35-33-19-21-7-4-6-20(2)17-21)27(25-13-10-23(31)18-26(25)32)39-28(34-30)22-8-11-24(12-9-22)38-16-5-15-36/h3-4,6-13,17-18,27,33,36H,1,5,14-16,19H2,2H3,(H,35,37)/t27-,30-/m0/s1. The Bertz CT molecular complexity index is 1350. The molecule has 0 saturated carbocycles. The van der Waals surface area contributed by atoms with Crippen LogP contribution in [0.15, 0.2) is 84.4 Å². The topological polar surface area (TPSA) is 92.2 Å². The minimum Gasteiger partial charge on any atom is -0.494 e. The van der Waals surface area contributed by atoms with Crippen molar-refractivity contribution in [3.8, 4) is 5.75 Å². The van der Waals surface area contributed by atoms with Crippen molar-refractivity contribution in [2.45, 2.75) is 38.0 Å². The van der Waals surface area contributed by atoms with Crippen LogP contribution in [0.25, 0.3) is 0 Å². The van der Waals surface area contributed by atoms with E-state index in [1.54, 1.807) is 36.4 Å². The molecule has 204 valence electrons. The van der Waals surface area contributed by atoms with Crippen LogP contribution in [0.1, 0.15) is 41.2 Å². The molecule has 39 heavy (non-hydrogen) atoms. The third kappa shape index (κ3) is 6.81. The van der Waals surface area contributed by atoms with Gasteiger partial charge >= 0.3 is 0 Å². The Morgan fingerprint density at radius 1 is 1.18 bits per heavy atom. The number of aliphatic imine (C=N–C) groups is 1. The fourth-order valence-corrected chi connectivity index (χ4v) is 4.89. The number of nitrogens with zero attached hydrogens (tertiary/aromatic N) is 1. The highest BCUT2D eigenvalue weighted by molar-refractivity contribution is 6.35. The number of aryl methyl sites for hydroxylation is 1. The molecule has 0 unspecified atom stereocenters. The van der Waals surface area contributed by atoms with Crippen molar-refractivity contribution < 1.29 is 19.4 Å².